The molecule has 2 heteroatoms. The SMILES string of the molecule is CCCCCCOc1cccc(CNCc2ccc(C(C)(C)C)cc2)c1. The van der Waals surface area contributed by atoms with Crippen LogP contribution < -0.4 is 10.1 Å². The van der Waals surface area contributed by atoms with Gasteiger partial charge in [0.1, 0.15) is 5.75 Å². The van der Waals surface area contributed by atoms with Crippen molar-refractivity contribution in [1.82, 2.24) is 5.32 Å². The summed E-state index contributed by atoms with van der Waals surface area (Å²) in [5.41, 5.74) is 4.18. The van der Waals surface area contributed by atoms with Crippen molar-refractivity contribution in [3.8, 4) is 5.75 Å². The smallest absolute Gasteiger partial charge is 0.119 e. The Balaban J connectivity index is 1.76. The van der Waals surface area contributed by atoms with Crippen LogP contribution in [0.4, 0.5) is 0 Å². The van der Waals surface area contributed by atoms with Gasteiger partial charge in [0.15, 0.2) is 0 Å². The van der Waals surface area contributed by atoms with Crippen molar-refractivity contribution in [2.24, 2.45) is 0 Å². The molecule has 142 valence electrons. The fraction of sp³-hybridized carbons (Fsp3) is 0.500. The summed E-state index contributed by atoms with van der Waals surface area (Å²) in [5.74, 6) is 0.982. The number of benzene rings is 2. The molecular formula is C24H35NO. The third kappa shape index (κ3) is 7.21. The second kappa shape index (κ2) is 10.4. The van der Waals surface area contributed by atoms with Crippen molar-refractivity contribution in [3.05, 3.63) is 65.2 Å². The van der Waals surface area contributed by atoms with Crippen molar-refractivity contribution < 1.29 is 4.74 Å². The predicted octanol–water partition coefficient (Wildman–Crippen LogP) is 6.23. The average Bonchev–Trinajstić information content (AvgIpc) is 2.62. The molecule has 0 radical (unpaired) electrons. The highest BCUT2D eigenvalue weighted by molar-refractivity contribution is 5.29. The van der Waals surface area contributed by atoms with Crippen LogP contribution in [0.3, 0.4) is 0 Å². The van der Waals surface area contributed by atoms with Gasteiger partial charge in [0.25, 0.3) is 0 Å². The summed E-state index contributed by atoms with van der Waals surface area (Å²) >= 11 is 0. The topological polar surface area (TPSA) is 21.3 Å². The zero-order valence-corrected chi connectivity index (χ0v) is 17.0. The zero-order chi connectivity index (χ0) is 18.8. The van der Waals surface area contributed by atoms with Crippen LogP contribution in [0, 0.1) is 0 Å². The number of ether oxygens (including phenoxy) is 1. The van der Waals surface area contributed by atoms with E-state index in [1.165, 1.54) is 36.0 Å². The van der Waals surface area contributed by atoms with Crippen LogP contribution >= 0.6 is 0 Å². The lowest BCUT2D eigenvalue weighted by atomic mass is 9.87. The van der Waals surface area contributed by atoms with E-state index in [0.717, 1.165) is 31.9 Å². The molecule has 26 heavy (non-hydrogen) atoms. The van der Waals surface area contributed by atoms with E-state index in [4.69, 9.17) is 4.74 Å². The van der Waals surface area contributed by atoms with Crippen LogP contribution in [0.25, 0.3) is 0 Å². The van der Waals surface area contributed by atoms with Crippen molar-refractivity contribution >= 4 is 0 Å². The molecule has 2 rings (SSSR count). The number of unbranched alkanes of at least 4 members (excludes halogenated alkanes) is 3. The highest BCUT2D eigenvalue weighted by atomic mass is 16.5. The molecule has 0 aliphatic heterocycles. The van der Waals surface area contributed by atoms with Gasteiger partial charge < -0.3 is 10.1 Å². The van der Waals surface area contributed by atoms with Crippen molar-refractivity contribution in [2.75, 3.05) is 6.61 Å². The Kier molecular flexibility index (Phi) is 8.18. The molecule has 0 aromatic heterocycles. The lowest BCUT2D eigenvalue weighted by molar-refractivity contribution is 0.304. The lowest BCUT2D eigenvalue weighted by Gasteiger charge is -2.19. The fourth-order valence-corrected chi connectivity index (χ4v) is 2.94. The molecule has 0 aliphatic carbocycles. The van der Waals surface area contributed by atoms with Crippen LogP contribution in [-0.4, -0.2) is 6.61 Å². The third-order valence-electron chi connectivity index (χ3n) is 4.64. The van der Waals surface area contributed by atoms with Gasteiger partial charge in [-0.15, -0.1) is 0 Å². The van der Waals surface area contributed by atoms with Gasteiger partial charge in [0.05, 0.1) is 6.61 Å². The first kappa shape index (κ1) is 20.5. The normalized spacial score (nSPS) is 11.5. The van der Waals surface area contributed by atoms with Gasteiger partial charge in [0, 0.05) is 13.1 Å². The molecule has 0 heterocycles. The Morgan fingerprint density at radius 1 is 0.846 bits per heavy atom. The fourth-order valence-electron chi connectivity index (χ4n) is 2.94. The Bertz CT molecular complexity index is 640. The first-order valence-electron chi connectivity index (χ1n) is 10.0. The van der Waals surface area contributed by atoms with Crippen molar-refractivity contribution in [1.29, 1.82) is 0 Å². The molecule has 0 fully saturated rings. The maximum atomic E-state index is 5.88. The Hall–Kier alpha value is -1.80. The first-order chi connectivity index (χ1) is 12.5. The standard InChI is InChI=1S/C24H35NO/c1-5-6-7-8-16-26-23-11-9-10-21(17-23)19-25-18-20-12-14-22(15-13-20)24(2,3)4/h9-15,17,25H,5-8,16,18-19H2,1-4H3. The summed E-state index contributed by atoms with van der Waals surface area (Å²) in [7, 11) is 0. The zero-order valence-electron chi connectivity index (χ0n) is 17.0. The summed E-state index contributed by atoms with van der Waals surface area (Å²) in [6.07, 6.45) is 4.96. The molecular weight excluding hydrogens is 318 g/mol. The van der Waals surface area contributed by atoms with Gasteiger partial charge in [-0.3, -0.25) is 0 Å². The summed E-state index contributed by atoms with van der Waals surface area (Å²) < 4.78 is 5.88. The van der Waals surface area contributed by atoms with E-state index < -0.39 is 0 Å². The molecule has 2 nitrogen and oxygen atoms in total. The van der Waals surface area contributed by atoms with Gasteiger partial charge in [-0.25, -0.2) is 0 Å². The molecule has 0 bridgehead atoms. The van der Waals surface area contributed by atoms with Crippen LogP contribution in [0.5, 0.6) is 5.75 Å². The third-order valence-corrected chi connectivity index (χ3v) is 4.64. The second-order valence-corrected chi connectivity index (χ2v) is 8.11. The second-order valence-electron chi connectivity index (χ2n) is 8.11. The average molecular weight is 354 g/mol. The molecule has 0 saturated carbocycles. The van der Waals surface area contributed by atoms with Gasteiger partial charge in [-0.05, 0) is 40.7 Å². The van der Waals surface area contributed by atoms with E-state index in [2.05, 4.69) is 81.5 Å². The van der Waals surface area contributed by atoms with E-state index in [0.29, 0.717) is 0 Å². The summed E-state index contributed by atoms with van der Waals surface area (Å²) in [5, 5.41) is 3.53. The van der Waals surface area contributed by atoms with E-state index in [-0.39, 0.29) is 5.41 Å². The molecule has 0 spiro atoms. The van der Waals surface area contributed by atoms with Gasteiger partial charge in [-0.2, -0.15) is 0 Å². The first-order valence-corrected chi connectivity index (χ1v) is 10.0. The summed E-state index contributed by atoms with van der Waals surface area (Å²) in [6, 6.07) is 17.4. The molecule has 2 aromatic rings. The van der Waals surface area contributed by atoms with Gasteiger partial charge >= 0.3 is 0 Å². The largest absolute Gasteiger partial charge is 0.494 e. The lowest BCUT2D eigenvalue weighted by Crippen LogP contribution is -2.14. The molecule has 0 unspecified atom stereocenters. The van der Waals surface area contributed by atoms with Gasteiger partial charge in [0.2, 0.25) is 0 Å². The summed E-state index contributed by atoms with van der Waals surface area (Å²) in [4.78, 5) is 0. The van der Waals surface area contributed by atoms with Crippen LogP contribution in [0.1, 0.15) is 70.1 Å². The maximum Gasteiger partial charge on any atom is 0.119 e. The highest BCUT2D eigenvalue weighted by Gasteiger charge is 2.12. The molecule has 2 aromatic carbocycles. The predicted molar refractivity (Wildman–Crippen MR) is 112 cm³/mol. The minimum absolute atomic E-state index is 0.211. The van der Waals surface area contributed by atoms with Crippen LogP contribution in [0.2, 0.25) is 0 Å². The quantitative estimate of drug-likeness (QED) is 0.511. The van der Waals surface area contributed by atoms with Crippen molar-refractivity contribution in [2.45, 2.75) is 71.9 Å². The van der Waals surface area contributed by atoms with Crippen molar-refractivity contribution in [3.63, 3.8) is 0 Å². The Labute approximate surface area is 160 Å². The highest BCUT2D eigenvalue weighted by Crippen LogP contribution is 2.22. The minimum Gasteiger partial charge on any atom is -0.494 e. The van der Waals surface area contributed by atoms with E-state index >= 15 is 0 Å². The Morgan fingerprint density at radius 3 is 2.27 bits per heavy atom. The van der Waals surface area contributed by atoms with Crippen LogP contribution in [0.15, 0.2) is 48.5 Å². The van der Waals surface area contributed by atoms with E-state index in [9.17, 15) is 0 Å². The maximum absolute atomic E-state index is 5.88. The van der Waals surface area contributed by atoms with Crippen LogP contribution in [-0.2, 0) is 18.5 Å². The molecule has 0 amide bonds. The van der Waals surface area contributed by atoms with Gasteiger partial charge in [-0.1, -0.05) is 83.4 Å². The molecule has 0 saturated heterocycles. The summed E-state index contributed by atoms with van der Waals surface area (Å²) in [6.45, 7) is 11.5. The number of hydrogen-bond donors (Lipinski definition) is 1. The molecule has 0 aliphatic rings. The number of hydrogen-bond acceptors (Lipinski definition) is 2. The molecule has 0 atom stereocenters. The van der Waals surface area contributed by atoms with E-state index in [1.54, 1.807) is 0 Å². The van der Waals surface area contributed by atoms with E-state index in [1.807, 2.05) is 0 Å². The minimum atomic E-state index is 0.211. The number of rotatable bonds is 10. The number of nitrogens with one attached hydrogen (secondary N) is 1. The Morgan fingerprint density at radius 2 is 1.58 bits per heavy atom. The monoisotopic (exact) mass is 353 g/mol. The molecule has 1 N–H and O–H groups in total.